The van der Waals surface area contributed by atoms with Crippen LogP contribution in [0, 0.1) is 0 Å². The fourth-order valence-corrected chi connectivity index (χ4v) is 1.03. The van der Waals surface area contributed by atoms with Gasteiger partial charge in [-0.1, -0.05) is 13.8 Å². The Morgan fingerprint density at radius 2 is 1.85 bits per heavy atom. The molecule has 13 heavy (non-hydrogen) atoms. The molecule has 0 bridgehead atoms. The van der Waals surface area contributed by atoms with Gasteiger partial charge in [0, 0.05) is 6.54 Å². The molecule has 5 heteroatoms. The molecule has 80 valence electrons. The van der Waals surface area contributed by atoms with Crippen molar-refractivity contribution in [1.82, 2.24) is 4.90 Å². The molecule has 0 aromatic heterocycles. The number of nitrogens with zero attached hydrogens (tertiary/aromatic N) is 1. The zero-order chi connectivity index (χ0) is 10.5. The first-order valence-electron chi connectivity index (χ1n) is 4.36. The monoisotopic (exact) mass is 199 g/mol. The van der Waals surface area contributed by atoms with Crippen molar-refractivity contribution >= 4 is 0 Å². The second kappa shape index (κ2) is 5.44. The minimum atomic E-state index is -4.16. The van der Waals surface area contributed by atoms with Crippen LogP contribution in [0.2, 0.25) is 0 Å². The van der Waals surface area contributed by atoms with Crippen LogP contribution < -0.4 is 0 Å². The fourth-order valence-electron chi connectivity index (χ4n) is 1.03. The van der Waals surface area contributed by atoms with Gasteiger partial charge in [0.1, 0.15) is 6.04 Å². The first-order chi connectivity index (χ1) is 6.02. The molecule has 0 amide bonds. The lowest BCUT2D eigenvalue weighted by Crippen LogP contribution is -2.51. The second-order valence-corrected chi connectivity index (χ2v) is 2.61. The third kappa shape index (κ3) is 3.95. The minimum Gasteiger partial charge on any atom is -0.378 e. The summed E-state index contributed by atoms with van der Waals surface area (Å²) in [5.74, 6) is 0. The lowest BCUT2D eigenvalue weighted by Gasteiger charge is -2.33. The van der Waals surface area contributed by atoms with E-state index in [1.807, 2.05) is 13.8 Å². The van der Waals surface area contributed by atoms with Gasteiger partial charge in [-0.15, -0.1) is 0 Å². The van der Waals surface area contributed by atoms with E-state index in [9.17, 15) is 13.2 Å². The summed E-state index contributed by atoms with van der Waals surface area (Å²) in [6.45, 7) is 4.51. The Kier molecular flexibility index (Phi) is 5.32. The second-order valence-electron chi connectivity index (χ2n) is 2.61. The van der Waals surface area contributed by atoms with E-state index in [1.54, 1.807) is 0 Å². The smallest absolute Gasteiger partial charge is 0.378 e. The van der Waals surface area contributed by atoms with E-state index in [2.05, 4.69) is 0 Å². The predicted octanol–water partition coefficient (Wildman–Crippen LogP) is 1.91. The lowest BCUT2D eigenvalue weighted by atomic mass is 10.2. The van der Waals surface area contributed by atoms with Crippen LogP contribution in [0.25, 0.3) is 0 Å². The van der Waals surface area contributed by atoms with Crippen molar-refractivity contribution in [3.05, 3.63) is 0 Å². The predicted molar refractivity (Wildman–Crippen MR) is 44.6 cm³/mol. The Labute approximate surface area is 76.7 Å². The molecule has 1 atom stereocenters. The van der Waals surface area contributed by atoms with E-state index in [0.717, 1.165) is 0 Å². The SMILES string of the molecule is CC.CN1CCOCC1C(F)(F)F. The van der Waals surface area contributed by atoms with E-state index in [-0.39, 0.29) is 6.61 Å². The summed E-state index contributed by atoms with van der Waals surface area (Å²) < 4.78 is 40.9. The van der Waals surface area contributed by atoms with Crippen LogP contribution in [-0.2, 0) is 4.74 Å². The molecule has 0 aliphatic carbocycles. The van der Waals surface area contributed by atoms with Crippen LogP contribution in [0.15, 0.2) is 0 Å². The summed E-state index contributed by atoms with van der Waals surface area (Å²) in [7, 11) is 1.46. The third-order valence-electron chi connectivity index (χ3n) is 1.77. The van der Waals surface area contributed by atoms with E-state index in [4.69, 9.17) is 4.74 Å². The van der Waals surface area contributed by atoms with Gasteiger partial charge in [0.05, 0.1) is 13.2 Å². The van der Waals surface area contributed by atoms with Crippen LogP contribution in [0.4, 0.5) is 13.2 Å². The number of hydrogen-bond acceptors (Lipinski definition) is 2. The van der Waals surface area contributed by atoms with Crippen molar-refractivity contribution in [3.8, 4) is 0 Å². The average molecular weight is 199 g/mol. The van der Waals surface area contributed by atoms with Gasteiger partial charge in [-0.25, -0.2) is 0 Å². The third-order valence-corrected chi connectivity index (χ3v) is 1.77. The highest BCUT2D eigenvalue weighted by Gasteiger charge is 2.43. The van der Waals surface area contributed by atoms with Crippen molar-refractivity contribution in [2.24, 2.45) is 0 Å². The molecule has 0 aromatic carbocycles. The molecule has 0 N–H and O–H groups in total. The van der Waals surface area contributed by atoms with Crippen LogP contribution in [-0.4, -0.2) is 43.9 Å². The van der Waals surface area contributed by atoms with E-state index in [0.29, 0.717) is 13.2 Å². The number of alkyl halides is 3. The molecule has 0 spiro atoms. The molecule has 1 heterocycles. The average Bonchev–Trinajstić information content (AvgIpc) is 2.07. The summed E-state index contributed by atoms with van der Waals surface area (Å²) in [6, 6.07) is -1.42. The van der Waals surface area contributed by atoms with Crippen LogP contribution in [0.1, 0.15) is 13.8 Å². The molecule has 1 rings (SSSR count). The molecule has 2 nitrogen and oxygen atoms in total. The Morgan fingerprint density at radius 3 is 2.15 bits per heavy atom. The van der Waals surface area contributed by atoms with Gasteiger partial charge < -0.3 is 4.74 Å². The quantitative estimate of drug-likeness (QED) is 0.591. The maximum atomic E-state index is 12.1. The first-order valence-corrected chi connectivity index (χ1v) is 4.36. The fraction of sp³-hybridized carbons (Fsp3) is 1.00. The van der Waals surface area contributed by atoms with E-state index < -0.39 is 12.2 Å². The number of morpholine rings is 1. The highest BCUT2D eigenvalue weighted by Crippen LogP contribution is 2.25. The molecule has 1 aliphatic rings. The van der Waals surface area contributed by atoms with Crippen LogP contribution in [0.5, 0.6) is 0 Å². The van der Waals surface area contributed by atoms with Crippen LogP contribution >= 0.6 is 0 Å². The summed E-state index contributed by atoms with van der Waals surface area (Å²) >= 11 is 0. The van der Waals surface area contributed by atoms with Crippen LogP contribution in [0.3, 0.4) is 0 Å². The summed E-state index contributed by atoms with van der Waals surface area (Å²) in [5.41, 5.74) is 0. The van der Waals surface area contributed by atoms with E-state index in [1.165, 1.54) is 11.9 Å². The summed E-state index contributed by atoms with van der Waals surface area (Å²) in [5, 5.41) is 0. The zero-order valence-electron chi connectivity index (χ0n) is 8.19. The summed E-state index contributed by atoms with van der Waals surface area (Å²) in [4.78, 5) is 1.27. The maximum absolute atomic E-state index is 12.1. The summed E-state index contributed by atoms with van der Waals surface area (Å²) in [6.07, 6.45) is -4.16. The Morgan fingerprint density at radius 1 is 1.31 bits per heavy atom. The Balaban J connectivity index is 0.000000671. The highest BCUT2D eigenvalue weighted by atomic mass is 19.4. The number of hydrogen-bond donors (Lipinski definition) is 0. The van der Waals surface area contributed by atoms with Gasteiger partial charge in [-0.05, 0) is 7.05 Å². The molecule has 1 aliphatic heterocycles. The molecular formula is C8H16F3NO. The number of likely N-dealkylation sites (N-methyl/N-ethyl adjacent to an activating group) is 1. The molecule has 0 aromatic rings. The Bertz CT molecular complexity index is 138. The van der Waals surface area contributed by atoms with Crippen molar-refractivity contribution in [1.29, 1.82) is 0 Å². The first kappa shape index (κ1) is 12.7. The zero-order valence-corrected chi connectivity index (χ0v) is 8.19. The van der Waals surface area contributed by atoms with E-state index >= 15 is 0 Å². The van der Waals surface area contributed by atoms with Gasteiger partial charge in [0.15, 0.2) is 0 Å². The molecule has 1 unspecified atom stereocenters. The van der Waals surface area contributed by atoms with Gasteiger partial charge in [-0.3, -0.25) is 4.90 Å². The number of ether oxygens (including phenoxy) is 1. The molecule has 0 radical (unpaired) electrons. The van der Waals surface area contributed by atoms with Gasteiger partial charge in [0.25, 0.3) is 0 Å². The van der Waals surface area contributed by atoms with Gasteiger partial charge in [0.2, 0.25) is 0 Å². The number of rotatable bonds is 0. The number of halogens is 3. The van der Waals surface area contributed by atoms with Crippen molar-refractivity contribution in [2.45, 2.75) is 26.1 Å². The maximum Gasteiger partial charge on any atom is 0.406 e. The molecular weight excluding hydrogens is 183 g/mol. The molecule has 1 fully saturated rings. The topological polar surface area (TPSA) is 12.5 Å². The van der Waals surface area contributed by atoms with Crippen molar-refractivity contribution in [2.75, 3.05) is 26.8 Å². The lowest BCUT2D eigenvalue weighted by molar-refractivity contribution is -0.207. The standard InChI is InChI=1S/C6H10F3NO.C2H6/c1-10-2-3-11-4-5(10)6(7,8)9;1-2/h5H,2-4H2,1H3;1-2H3. The largest absolute Gasteiger partial charge is 0.406 e. The normalized spacial score (nSPS) is 24.9. The van der Waals surface area contributed by atoms with Crippen molar-refractivity contribution < 1.29 is 17.9 Å². The van der Waals surface area contributed by atoms with Gasteiger partial charge >= 0.3 is 6.18 Å². The Hall–Kier alpha value is -0.290. The molecule has 1 saturated heterocycles. The van der Waals surface area contributed by atoms with Crippen molar-refractivity contribution in [3.63, 3.8) is 0 Å². The highest BCUT2D eigenvalue weighted by molar-refractivity contribution is 4.78. The van der Waals surface area contributed by atoms with Gasteiger partial charge in [-0.2, -0.15) is 13.2 Å². The minimum absolute atomic E-state index is 0.236. The molecule has 0 saturated carbocycles.